The zero-order valence-electron chi connectivity index (χ0n) is 11.9. The highest BCUT2D eigenvalue weighted by molar-refractivity contribution is 5.51. The fourth-order valence-corrected chi connectivity index (χ4v) is 2.02. The van der Waals surface area contributed by atoms with Crippen LogP contribution in [0.5, 0.6) is 11.6 Å². The molecule has 0 bridgehead atoms. The molecule has 0 spiro atoms. The number of rotatable bonds is 5. The maximum Gasteiger partial charge on any atom is 0.227 e. The minimum absolute atomic E-state index is 0.0723. The van der Waals surface area contributed by atoms with Crippen molar-refractivity contribution in [2.45, 2.75) is 26.4 Å². The van der Waals surface area contributed by atoms with Crippen molar-refractivity contribution < 1.29 is 9.84 Å². The molecule has 2 N–H and O–H groups in total. The number of nitrogens with zero attached hydrogens (tertiary/aromatic N) is 2. The highest BCUT2D eigenvalue weighted by atomic mass is 16.5. The number of anilines is 1. The molecule has 0 aliphatic heterocycles. The van der Waals surface area contributed by atoms with Crippen LogP contribution in [-0.2, 0) is 6.61 Å². The van der Waals surface area contributed by atoms with Crippen LogP contribution in [0.1, 0.15) is 30.9 Å². The Balaban J connectivity index is 2.43. The van der Waals surface area contributed by atoms with Crippen LogP contribution in [0.3, 0.4) is 0 Å². The van der Waals surface area contributed by atoms with E-state index in [-0.39, 0.29) is 12.5 Å². The first-order chi connectivity index (χ1) is 9.67. The van der Waals surface area contributed by atoms with Crippen LogP contribution in [-0.4, -0.2) is 22.1 Å². The van der Waals surface area contributed by atoms with Crippen molar-refractivity contribution in [3.05, 3.63) is 41.7 Å². The Morgan fingerprint density at radius 2 is 2.00 bits per heavy atom. The van der Waals surface area contributed by atoms with Crippen molar-refractivity contribution in [3.8, 4) is 11.6 Å². The third kappa shape index (κ3) is 2.88. The average Bonchev–Trinajstić information content (AvgIpc) is 2.47. The summed E-state index contributed by atoms with van der Waals surface area (Å²) in [7, 11) is 1.82. The Labute approximate surface area is 118 Å². The number of aliphatic hydroxyl groups excluding tert-OH is 1. The number of hydrogen-bond acceptors (Lipinski definition) is 5. The molecule has 0 aliphatic rings. The monoisotopic (exact) mass is 273 g/mol. The maximum atomic E-state index is 9.35. The fourth-order valence-electron chi connectivity index (χ4n) is 2.02. The van der Waals surface area contributed by atoms with Crippen LogP contribution < -0.4 is 10.1 Å². The Kier molecular flexibility index (Phi) is 4.53. The van der Waals surface area contributed by atoms with Crippen molar-refractivity contribution in [1.29, 1.82) is 0 Å². The molecule has 1 heterocycles. The van der Waals surface area contributed by atoms with Gasteiger partial charge in [-0.15, -0.1) is 0 Å². The summed E-state index contributed by atoms with van der Waals surface area (Å²) in [5.74, 6) is 2.10. The molecule has 20 heavy (non-hydrogen) atoms. The van der Waals surface area contributed by atoms with Gasteiger partial charge < -0.3 is 15.2 Å². The summed E-state index contributed by atoms with van der Waals surface area (Å²) in [4.78, 5) is 8.44. The van der Waals surface area contributed by atoms with Crippen molar-refractivity contribution in [2.24, 2.45) is 0 Å². The summed E-state index contributed by atoms with van der Waals surface area (Å²) < 4.78 is 5.88. The molecule has 106 valence electrons. The van der Waals surface area contributed by atoms with Gasteiger partial charge in [-0.05, 0) is 12.0 Å². The van der Waals surface area contributed by atoms with Crippen molar-refractivity contribution >= 4 is 5.82 Å². The van der Waals surface area contributed by atoms with E-state index in [2.05, 4.69) is 29.1 Å². The molecular formula is C15H19N3O2. The molecule has 0 fully saturated rings. The number of para-hydroxylation sites is 1. The lowest BCUT2D eigenvalue weighted by Crippen LogP contribution is -2.05. The number of ether oxygens (including phenoxy) is 1. The SMILES string of the molecule is CNc1ncnc(Oc2ccccc2CO)c1C(C)C. The number of aromatic nitrogens is 2. The van der Waals surface area contributed by atoms with E-state index in [0.29, 0.717) is 11.6 Å². The quantitative estimate of drug-likeness (QED) is 0.876. The minimum atomic E-state index is -0.0723. The molecule has 0 amide bonds. The Morgan fingerprint density at radius 1 is 1.25 bits per heavy atom. The molecule has 0 atom stereocenters. The first kappa shape index (κ1) is 14.3. The summed E-state index contributed by atoms with van der Waals surface area (Å²) in [6.07, 6.45) is 1.47. The molecule has 1 aromatic carbocycles. The van der Waals surface area contributed by atoms with Crippen LogP contribution in [0.4, 0.5) is 5.82 Å². The maximum absolute atomic E-state index is 9.35. The van der Waals surface area contributed by atoms with Crippen LogP contribution in [0, 0.1) is 0 Å². The van der Waals surface area contributed by atoms with Gasteiger partial charge in [0.25, 0.3) is 0 Å². The van der Waals surface area contributed by atoms with E-state index >= 15 is 0 Å². The number of hydrogen-bond donors (Lipinski definition) is 2. The van der Waals surface area contributed by atoms with E-state index in [9.17, 15) is 5.11 Å². The minimum Gasteiger partial charge on any atom is -0.438 e. The molecule has 0 unspecified atom stereocenters. The van der Waals surface area contributed by atoms with Gasteiger partial charge in [-0.25, -0.2) is 9.97 Å². The molecule has 0 saturated heterocycles. The van der Waals surface area contributed by atoms with Crippen LogP contribution >= 0.6 is 0 Å². The van der Waals surface area contributed by atoms with Gasteiger partial charge in [0, 0.05) is 12.6 Å². The molecular weight excluding hydrogens is 254 g/mol. The summed E-state index contributed by atoms with van der Waals surface area (Å²) >= 11 is 0. The van der Waals surface area contributed by atoms with Gasteiger partial charge in [0.05, 0.1) is 12.2 Å². The van der Waals surface area contributed by atoms with Gasteiger partial charge >= 0.3 is 0 Å². The Morgan fingerprint density at radius 3 is 2.65 bits per heavy atom. The highest BCUT2D eigenvalue weighted by Crippen LogP contribution is 2.33. The lowest BCUT2D eigenvalue weighted by Gasteiger charge is -2.16. The number of aliphatic hydroxyl groups is 1. The lowest BCUT2D eigenvalue weighted by molar-refractivity contribution is 0.276. The normalized spacial score (nSPS) is 10.7. The standard InChI is InChI=1S/C15H19N3O2/c1-10(2)13-14(16-3)17-9-18-15(13)20-12-7-5-4-6-11(12)8-19/h4-7,9-10,19H,8H2,1-3H3,(H,16,17,18). The molecule has 0 saturated carbocycles. The van der Waals surface area contributed by atoms with E-state index in [1.54, 1.807) is 0 Å². The third-order valence-corrected chi connectivity index (χ3v) is 3.01. The second-order valence-corrected chi connectivity index (χ2v) is 4.71. The van der Waals surface area contributed by atoms with E-state index in [0.717, 1.165) is 16.9 Å². The van der Waals surface area contributed by atoms with Gasteiger partial charge in [0.1, 0.15) is 17.9 Å². The average molecular weight is 273 g/mol. The van der Waals surface area contributed by atoms with Gasteiger partial charge in [-0.2, -0.15) is 0 Å². The van der Waals surface area contributed by atoms with E-state index in [1.165, 1.54) is 6.33 Å². The van der Waals surface area contributed by atoms with Crippen molar-refractivity contribution in [1.82, 2.24) is 9.97 Å². The summed E-state index contributed by atoms with van der Waals surface area (Å²) in [6, 6.07) is 7.37. The van der Waals surface area contributed by atoms with Crippen LogP contribution in [0.15, 0.2) is 30.6 Å². The van der Waals surface area contributed by atoms with Crippen LogP contribution in [0.25, 0.3) is 0 Å². The van der Waals surface area contributed by atoms with E-state index in [4.69, 9.17) is 4.74 Å². The molecule has 5 heteroatoms. The molecule has 1 aromatic heterocycles. The van der Waals surface area contributed by atoms with Crippen molar-refractivity contribution in [2.75, 3.05) is 12.4 Å². The predicted molar refractivity (Wildman–Crippen MR) is 78.1 cm³/mol. The van der Waals surface area contributed by atoms with Gasteiger partial charge in [0.2, 0.25) is 5.88 Å². The first-order valence-corrected chi connectivity index (χ1v) is 6.56. The number of nitrogens with one attached hydrogen (secondary N) is 1. The second kappa shape index (κ2) is 6.34. The Bertz CT molecular complexity index is 585. The molecule has 2 rings (SSSR count). The Hall–Kier alpha value is -2.14. The fraction of sp³-hybridized carbons (Fsp3) is 0.333. The highest BCUT2D eigenvalue weighted by Gasteiger charge is 2.16. The summed E-state index contributed by atoms with van der Waals surface area (Å²) in [5.41, 5.74) is 1.65. The zero-order valence-corrected chi connectivity index (χ0v) is 11.9. The second-order valence-electron chi connectivity index (χ2n) is 4.71. The van der Waals surface area contributed by atoms with Crippen molar-refractivity contribution in [3.63, 3.8) is 0 Å². The smallest absolute Gasteiger partial charge is 0.227 e. The summed E-state index contributed by atoms with van der Waals surface area (Å²) in [6.45, 7) is 4.05. The van der Waals surface area contributed by atoms with Gasteiger partial charge in [-0.3, -0.25) is 0 Å². The number of benzene rings is 1. The largest absolute Gasteiger partial charge is 0.438 e. The zero-order chi connectivity index (χ0) is 14.5. The molecule has 0 radical (unpaired) electrons. The van der Waals surface area contributed by atoms with E-state index < -0.39 is 0 Å². The first-order valence-electron chi connectivity index (χ1n) is 6.56. The molecule has 5 nitrogen and oxygen atoms in total. The van der Waals surface area contributed by atoms with Gasteiger partial charge in [-0.1, -0.05) is 32.0 Å². The molecule has 2 aromatic rings. The topological polar surface area (TPSA) is 67.3 Å². The van der Waals surface area contributed by atoms with Crippen LogP contribution in [0.2, 0.25) is 0 Å². The summed E-state index contributed by atoms with van der Waals surface area (Å²) in [5, 5.41) is 12.4. The predicted octanol–water partition coefficient (Wildman–Crippen LogP) is 2.93. The third-order valence-electron chi connectivity index (χ3n) is 3.01. The van der Waals surface area contributed by atoms with Gasteiger partial charge in [0.15, 0.2) is 0 Å². The van der Waals surface area contributed by atoms with E-state index in [1.807, 2.05) is 31.3 Å². The molecule has 0 aliphatic carbocycles. The lowest BCUT2D eigenvalue weighted by atomic mass is 10.1.